The molecule has 2 amide bonds. The fourth-order valence-corrected chi connectivity index (χ4v) is 2.26. The highest BCUT2D eigenvalue weighted by atomic mass is 16.6. The minimum Gasteiger partial charge on any atom is -0.467 e. The predicted octanol–water partition coefficient (Wildman–Crippen LogP) is 0.781. The molecular formula is C17H25N3O5. The Morgan fingerprint density at radius 1 is 1.12 bits per heavy atom. The quantitative estimate of drug-likeness (QED) is 0.497. The number of rotatable bonds is 9. The number of imide groups is 1. The van der Waals surface area contributed by atoms with Crippen molar-refractivity contribution in [2.75, 3.05) is 20.2 Å². The molecule has 1 aromatic carbocycles. The highest BCUT2D eigenvalue weighted by Crippen LogP contribution is 2.14. The van der Waals surface area contributed by atoms with Crippen molar-refractivity contribution in [2.24, 2.45) is 11.5 Å². The van der Waals surface area contributed by atoms with E-state index in [0.29, 0.717) is 19.4 Å². The van der Waals surface area contributed by atoms with Crippen LogP contribution in [0, 0.1) is 0 Å². The Kier molecular flexibility index (Phi) is 9.20. The van der Waals surface area contributed by atoms with E-state index in [4.69, 9.17) is 20.9 Å². The highest BCUT2D eigenvalue weighted by Gasteiger charge is 2.35. The molecule has 0 aromatic heterocycles. The molecule has 0 spiro atoms. The third-order valence-corrected chi connectivity index (χ3v) is 3.56. The summed E-state index contributed by atoms with van der Waals surface area (Å²) in [5.74, 6) is -1.41. The van der Waals surface area contributed by atoms with Crippen LogP contribution in [0.1, 0.15) is 24.8 Å². The third kappa shape index (κ3) is 6.52. The molecule has 0 bridgehead atoms. The Morgan fingerprint density at radius 2 is 1.80 bits per heavy atom. The normalized spacial score (nSPS) is 11.5. The molecule has 1 rings (SSSR count). The van der Waals surface area contributed by atoms with E-state index >= 15 is 0 Å². The number of nitrogens with zero attached hydrogens (tertiary/aromatic N) is 1. The Labute approximate surface area is 147 Å². The van der Waals surface area contributed by atoms with Gasteiger partial charge in [-0.15, -0.1) is 0 Å². The van der Waals surface area contributed by atoms with Crippen LogP contribution < -0.4 is 11.5 Å². The zero-order chi connectivity index (χ0) is 18.7. The molecule has 0 aliphatic rings. The van der Waals surface area contributed by atoms with Crippen molar-refractivity contribution in [3.63, 3.8) is 0 Å². The Bertz CT molecular complexity index is 565. The first-order valence-electron chi connectivity index (χ1n) is 8.05. The van der Waals surface area contributed by atoms with Gasteiger partial charge in [-0.1, -0.05) is 30.3 Å². The zero-order valence-corrected chi connectivity index (χ0v) is 14.3. The van der Waals surface area contributed by atoms with Gasteiger partial charge in [0.2, 0.25) is 5.91 Å². The van der Waals surface area contributed by atoms with E-state index in [-0.39, 0.29) is 13.0 Å². The molecule has 0 aliphatic carbocycles. The first-order valence-corrected chi connectivity index (χ1v) is 8.05. The molecule has 1 aromatic rings. The van der Waals surface area contributed by atoms with Gasteiger partial charge >= 0.3 is 12.1 Å². The van der Waals surface area contributed by atoms with Crippen molar-refractivity contribution in [2.45, 2.75) is 31.9 Å². The molecule has 8 heteroatoms. The first-order chi connectivity index (χ1) is 12.0. The van der Waals surface area contributed by atoms with Crippen molar-refractivity contribution in [3.8, 4) is 0 Å². The van der Waals surface area contributed by atoms with E-state index < -0.39 is 30.6 Å². The van der Waals surface area contributed by atoms with Gasteiger partial charge in [-0.2, -0.15) is 0 Å². The fraction of sp³-hybridized carbons (Fsp3) is 0.471. The van der Waals surface area contributed by atoms with Crippen LogP contribution in [-0.2, 0) is 25.7 Å². The van der Waals surface area contributed by atoms with Crippen molar-refractivity contribution in [3.05, 3.63) is 35.9 Å². The summed E-state index contributed by atoms with van der Waals surface area (Å²) in [6.45, 7) is -0.00722. The molecule has 1 atom stereocenters. The Morgan fingerprint density at radius 3 is 2.36 bits per heavy atom. The lowest BCUT2D eigenvalue weighted by Gasteiger charge is -2.27. The van der Waals surface area contributed by atoms with Crippen LogP contribution in [0.2, 0.25) is 0 Å². The summed E-state index contributed by atoms with van der Waals surface area (Å²) in [6.07, 6.45) is 0.506. The van der Waals surface area contributed by atoms with Gasteiger partial charge in [-0.3, -0.25) is 4.79 Å². The number of esters is 1. The molecule has 25 heavy (non-hydrogen) atoms. The summed E-state index contributed by atoms with van der Waals surface area (Å²) in [5.41, 5.74) is 11.6. The average molecular weight is 351 g/mol. The van der Waals surface area contributed by atoms with Gasteiger partial charge < -0.3 is 20.9 Å². The molecule has 0 heterocycles. The Balaban J connectivity index is 2.88. The smallest absolute Gasteiger partial charge is 0.417 e. The van der Waals surface area contributed by atoms with E-state index in [1.54, 1.807) is 24.3 Å². The summed E-state index contributed by atoms with van der Waals surface area (Å²) in [4.78, 5) is 37.3. The van der Waals surface area contributed by atoms with Crippen LogP contribution >= 0.6 is 0 Å². The molecular weight excluding hydrogens is 326 g/mol. The number of hydrogen-bond donors (Lipinski definition) is 2. The molecule has 138 valence electrons. The van der Waals surface area contributed by atoms with E-state index in [2.05, 4.69) is 0 Å². The monoisotopic (exact) mass is 351 g/mol. The van der Waals surface area contributed by atoms with Crippen LogP contribution in [0.3, 0.4) is 0 Å². The fourth-order valence-electron chi connectivity index (χ4n) is 2.26. The first kappa shape index (κ1) is 20.6. The number of ether oxygens (including phenoxy) is 2. The van der Waals surface area contributed by atoms with Gasteiger partial charge in [-0.25, -0.2) is 14.5 Å². The molecule has 0 aliphatic heterocycles. The van der Waals surface area contributed by atoms with Gasteiger partial charge in [0.25, 0.3) is 0 Å². The van der Waals surface area contributed by atoms with Gasteiger partial charge in [0.05, 0.1) is 13.7 Å². The van der Waals surface area contributed by atoms with Gasteiger partial charge in [0, 0.05) is 0 Å². The topological polar surface area (TPSA) is 125 Å². The molecule has 8 nitrogen and oxygen atoms in total. The van der Waals surface area contributed by atoms with Gasteiger partial charge in [0.15, 0.2) is 0 Å². The molecule has 0 saturated heterocycles. The summed E-state index contributed by atoms with van der Waals surface area (Å²) >= 11 is 0. The average Bonchev–Trinajstić information content (AvgIpc) is 2.65. The van der Waals surface area contributed by atoms with Crippen molar-refractivity contribution in [1.82, 2.24) is 4.90 Å². The number of unbranched alkanes of at least 4 members (excludes halogenated alkanes) is 1. The lowest BCUT2D eigenvalue weighted by Crippen LogP contribution is -2.51. The number of carbonyl (C=O) groups excluding carboxylic acids is 3. The standard InChI is InChI=1S/C17H25N3O5/c1-24-16(22)14(9-5-6-10-18)20(15(21)11-19)17(23)25-12-13-7-3-2-4-8-13/h2-4,7-8,14H,5-6,9-12,18-19H2,1H3/t14-/m0/s1. The zero-order valence-electron chi connectivity index (χ0n) is 14.3. The number of carbonyl (C=O) groups is 3. The number of amides is 2. The molecule has 0 radical (unpaired) electrons. The minimum atomic E-state index is -1.09. The molecule has 4 N–H and O–H groups in total. The molecule has 0 saturated carbocycles. The second kappa shape index (κ2) is 11.2. The largest absolute Gasteiger partial charge is 0.467 e. The third-order valence-electron chi connectivity index (χ3n) is 3.56. The molecule has 0 fully saturated rings. The summed E-state index contributed by atoms with van der Waals surface area (Å²) < 4.78 is 9.89. The van der Waals surface area contributed by atoms with Crippen molar-refractivity contribution < 1.29 is 23.9 Å². The summed E-state index contributed by atoms with van der Waals surface area (Å²) in [7, 11) is 1.19. The van der Waals surface area contributed by atoms with Crippen LogP contribution in [0.25, 0.3) is 0 Å². The summed E-state index contributed by atoms with van der Waals surface area (Å²) in [6, 6.07) is 7.91. The van der Waals surface area contributed by atoms with E-state index in [0.717, 1.165) is 10.5 Å². The van der Waals surface area contributed by atoms with E-state index in [1.165, 1.54) is 7.11 Å². The molecule has 0 unspecified atom stereocenters. The maximum absolute atomic E-state index is 12.4. The maximum Gasteiger partial charge on any atom is 0.417 e. The van der Waals surface area contributed by atoms with Gasteiger partial charge in [0.1, 0.15) is 12.6 Å². The predicted molar refractivity (Wildman–Crippen MR) is 91.2 cm³/mol. The number of hydrogen-bond acceptors (Lipinski definition) is 7. The lowest BCUT2D eigenvalue weighted by molar-refractivity contribution is -0.151. The highest BCUT2D eigenvalue weighted by molar-refractivity contribution is 5.97. The van der Waals surface area contributed by atoms with Crippen LogP contribution in [0.15, 0.2) is 30.3 Å². The van der Waals surface area contributed by atoms with Crippen LogP contribution in [0.5, 0.6) is 0 Å². The van der Waals surface area contributed by atoms with E-state index in [1.807, 2.05) is 6.07 Å². The SMILES string of the molecule is COC(=O)[C@H](CCCCN)N(C(=O)CN)C(=O)OCc1ccccc1. The van der Waals surface area contributed by atoms with Crippen molar-refractivity contribution >= 4 is 18.0 Å². The van der Waals surface area contributed by atoms with Crippen LogP contribution in [-0.4, -0.2) is 49.1 Å². The van der Waals surface area contributed by atoms with Crippen molar-refractivity contribution in [1.29, 1.82) is 0 Å². The minimum absolute atomic E-state index is 0.0231. The second-order valence-corrected chi connectivity index (χ2v) is 5.33. The number of benzene rings is 1. The van der Waals surface area contributed by atoms with E-state index in [9.17, 15) is 14.4 Å². The van der Waals surface area contributed by atoms with Gasteiger partial charge in [-0.05, 0) is 31.4 Å². The second-order valence-electron chi connectivity index (χ2n) is 5.33. The Hall–Kier alpha value is -2.45. The summed E-state index contributed by atoms with van der Waals surface area (Å²) in [5, 5.41) is 0. The number of methoxy groups -OCH3 is 1. The number of nitrogens with two attached hydrogens (primary N) is 2. The lowest BCUT2D eigenvalue weighted by atomic mass is 10.1. The maximum atomic E-state index is 12.4. The van der Waals surface area contributed by atoms with Crippen LogP contribution in [0.4, 0.5) is 4.79 Å².